The maximum Gasteiger partial charge on any atom is 0.303 e. The summed E-state index contributed by atoms with van der Waals surface area (Å²) in [5, 5.41) is 0. The number of carbonyl (C=O) groups excluding carboxylic acids is 4. The van der Waals surface area contributed by atoms with Gasteiger partial charge in [0, 0.05) is 27.7 Å². The quantitative estimate of drug-likeness (QED) is 0.433. The van der Waals surface area contributed by atoms with E-state index in [0.29, 0.717) is 0 Å². The van der Waals surface area contributed by atoms with Gasteiger partial charge in [0.05, 0.1) is 6.61 Å². The summed E-state index contributed by atoms with van der Waals surface area (Å²) in [5.41, 5.74) is 0.815. The minimum Gasteiger partial charge on any atom is -0.463 e. The third-order valence-corrected chi connectivity index (χ3v) is 4.21. The Hall–Kier alpha value is -2.98. The van der Waals surface area contributed by atoms with Gasteiger partial charge in [0.15, 0.2) is 24.6 Å². The lowest BCUT2D eigenvalue weighted by Crippen LogP contribution is -2.62. The van der Waals surface area contributed by atoms with Crippen molar-refractivity contribution < 1.29 is 47.6 Å². The molecule has 1 saturated heterocycles. The Morgan fingerprint density at radius 3 is 1.87 bits per heavy atom. The van der Waals surface area contributed by atoms with Gasteiger partial charge in [-0.3, -0.25) is 19.2 Å². The molecule has 0 unspecified atom stereocenters. The molecule has 2 rings (SSSR count). The number of hydrogen-bond acceptors (Lipinski definition) is 10. The summed E-state index contributed by atoms with van der Waals surface area (Å²) in [6, 6.07) is 9.14. The molecule has 0 saturated carbocycles. The molecule has 170 valence electrons. The molecule has 0 radical (unpaired) electrons. The van der Waals surface area contributed by atoms with Crippen molar-refractivity contribution in [2.75, 3.05) is 6.61 Å². The topological polar surface area (TPSA) is 124 Å². The van der Waals surface area contributed by atoms with Crippen LogP contribution in [0.4, 0.5) is 0 Å². The number of esters is 4. The molecule has 0 spiro atoms. The molecule has 31 heavy (non-hydrogen) atoms. The molecule has 0 N–H and O–H groups in total. The second-order valence-corrected chi connectivity index (χ2v) is 6.86. The average molecular weight is 438 g/mol. The Morgan fingerprint density at radius 2 is 1.32 bits per heavy atom. The molecule has 1 aromatic rings. The molecule has 0 aliphatic carbocycles. The van der Waals surface area contributed by atoms with E-state index in [2.05, 4.69) is 0 Å². The van der Waals surface area contributed by atoms with Gasteiger partial charge >= 0.3 is 23.9 Å². The van der Waals surface area contributed by atoms with Crippen LogP contribution in [0.2, 0.25) is 0 Å². The van der Waals surface area contributed by atoms with E-state index in [1.807, 2.05) is 30.3 Å². The average Bonchev–Trinajstić information content (AvgIpc) is 2.68. The van der Waals surface area contributed by atoms with E-state index in [4.69, 9.17) is 28.4 Å². The van der Waals surface area contributed by atoms with Crippen LogP contribution in [0.5, 0.6) is 0 Å². The van der Waals surface area contributed by atoms with Crippen molar-refractivity contribution in [2.24, 2.45) is 0 Å². The summed E-state index contributed by atoms with van der Waals surface area (Å²) in [5.74, 6) is -2.66. The predicted molar refractivity (Wildman–Crippen MR) is 103 cm³/mol. The molecule has 5 atom stereocenters. The normalized spacial score (nSPS) is 25.2. The molecule has 1 fully saturated rings. The molecule has 1 aliphatic rings. The molecule has 1 aromatic carbocycles. The first-order valence-corrected chi connectivity index (χ1v) is 9.63. The summed E-state index contributed by atoms with van der Waals surface area (Å²) < 4.78 is 32.6. The van der Waals surface area contributed by atoms with E-state index in [0.717, 1.165) is 19.4 Å². The van der Waals surface area contributed by atoms with Gasteiger partial charge < -0.3 is 28.4 Å². The molecule has 1 aliphatic heterocycles. The predicted octanol–water partition coefficient (Wildman–Crippen LogP) is 1.29. The van der Waals surface area contributed by atoms with Gasteiger partial charge in [-0.05, 0) is 5.56 Å². The van der Waals surface area contributed by atoms with Crippen molar-refractivity contribution in [3.8, 4) is 0 Å². The third-order valence-electron chi connectivity index (χ3n) is 4.21. The highest BCUT2D eigenvalue weighted by atomic mass is 16.7. The molecule has 0 aromatic heterocycles. The van der Waals surface area contributed by atoms with Crippen molar-refractivity contribution in [3.63, 3.8) is 0 Å². The lowest BCUT2D eigenvalue weighted by atomic mass is 9.98. The van der Waals surface area contributed by atoms with Crippen LogP contribution in [0.25, 0.3) is 0 Å². The van der Waals surface area contributed by atoms with Crippen molar-refractivity contribution in [3.05, 3.63) is 35.9 Å². The molecule has 0 amide bonds. The second kappa shape index (κ2) is 11.4. The lowest BCUT2D eigenvalue weighted by molar-refractivity contribution is -0.310. The third kappa shape index (κ3) is 7.65. The van der Waals surface area contributed by atoms with Crippen molar-refractivity contribution >= 4 is 23.9 Å². The van der Waals surface area contributed by atoms with Crippen LogP contribution in [-0.4, -0.2) is 61.2 Å². The van der Waals surface area contributed by atoms with E-state index in [9.17, 15) is 19.2 Å². The van der Waals surface area contributed by atoms with Gasteiger partial charge in [-0.15, -0.1) is 0 Å². The van der Waals surface area contributed by atoms with Crippen LogP contribution in [0, 0.1) is 0 Å². The van der Waals surface area contributed by atoms with Crippen molar-refractivity contribution in [1.82, 2.24) is 0 Å². The Morgan fingerprint density at radius 1 is 0.774 bits per heavy atom. The minimum atomic E-state index is -1.25. The summed E-state index contributed by atoms with van der Waals surface area (Å²) in [7, 11) is 0. The number of benzene rings is 1. The van der Waals surface area contributed by atoms with Crippen LogP contribution >= 0.6 is 0 Å². The fourth-order valence-corrected chi connectivity index (χ4v) is 3.08. The van der Waals surface area contributed by atoms with Crippen LogP contribution in [-0.2, 0) is 54.2 Å². The zero-order chi connectivity index (χ0) is 23.0. The van der Waals surface area contributed by atoms with Crippen LogP contribution in [0.1, 0.15) is 33.3 Å². The molecule has 10 heteroatoms. The first-order valence-electron chi connectivity index (χ1n) is 9.63. The lowest BCUT2D eigenvalue weighted by Gasteiger charge is -2.44. The number of ether oxygens (including phenoxy) is 6. The van der Waals surface area contributed by atoms with E-state index >= 15 is 0 Å². The zero-order valence-electron chi connectivity index (χ0n) is 17.8. The molecule has 1 heterocycles. The number of carbonyl (C=O) groups is 4. The summed E-state index contributed by atoms with van der Waals surface area (Å²) in [6.45, 7) is 4.49. The second-order valence-electron chi connectivity index (χ2n) is 6.86. The van der Waals surface area contributed by atoms with Gasteiger partial charge in [0.2, 0.25) is 0 Å². The monoisotopic (exact) mass is 438 g/mol. The Labute approximate surface area is 179 Å². The number of rotatable bonds is 8. The molecule has 0 bridgehead atoms. The SMILES string of the molecule is CC(=O)OC[C@@H]1O[C@H](OCc2ccccc2)[C@@H](OC(C)=O)[C@H](OC(C)=O)[C@H]1OC(C)=O. The van der Waals surface area contributed by atoms with Crippen molar-refractivity contribution in [1.29, 1.82) is 0 Å². The van der Waals surface area contributed by atoms with Gasteiger partial charge in [-0.1, -0.05) is 30.3 Å². The number of hydrogen-bond donors (Lipinski definition) is 0. The van der Waals surface area contributed by atoms with Crippen LogP contribution in [0.3, 0.4) is 0 Å². The fraction of sp³-hybridized carbons (Fsp3) is 0.524. The highest BCUT2D eigenvalue weighted by molar-refractivity contribution is 5.68. The van der Waals surface area contributed by atoms with E-state index < -0.39 is 54.6 Å². The Kier molecular flexibility index (Phi) is 8.95. The van der Waals surface area contributed by atoms with Gasteiger partial charge in [-0.2, -0.15) is 0 Å². The highest BCUT2D eigenvalue weighted by Gasteiger charge is 2.52. The van der Waals surface area contributed by atoms with Gasteiger partial charge in [-0.25, -0.2) is 0 Å². The Balaban J connectivity index is 2.35. The van der Waals surface area contributed by atoms with Gasteiger partial charge in [0.1, 0.15) is 12.7 Å². The summed E-state index contributed by atoms with van der Waals surface area (Å²) >= 11 is 0. The first kappa shape index (κ1) is 24.3. The maximum atomic E-state index is 11.8. The summed E-state index contributed by atoms with van der Waals surface area (Å²) in [6.07, 6.45) is -5.92. The molecular weight excluding hydrogens is 412 g/mol. The van der Waals surface area contributed by atoms with Crippen molar-refractivity contribution in [2.45, 2.75) is 65.0 Å². The van der Waals surface area contributed by atoms with E-state index in [1.54, 1.807) is 0 Å². The summed E-state index contributed by atoms with van der Waals surface area (Å²) in [4.78, 5) is 46.5. The van der Waals surface area contributed by atoms with E-state index in [-0.39, 0.29) is 13.2 Å². The fourth-order valence-electron chi connectivity index (χ4n) is 3.08. The minimum absolute atomic E-state index is 0.0918. The first-order chi connectivity index (χ1) is 14.7. The van der Waals surface area contributed by atoms with E-state index in [1.165, 1.54) is 13.8 Å². The Bertz CT molecular complexity index is 778. The van der Waals surface area contributed by atoms with Gasteiger partial charge in [0.25, 0.3) is 0 Å². The maximum absolute atomic E-state index is 11.8. The van der Waals surface area contributed by atoms with Crippen LogP contribution in [0.15, 0.2) is 30.3 Å². The molecule has 10 nitrogen and oxygen atoms in total. The molecular formula is C21H26O10. The van der Waals surface area contributed by atoms with Crippen LogP contribution < -0.4 is 0 Å². The largest absolute Gasteiger partial charge is 0.463 e. The highest BCUT2D eigenvalue weighted by Crippen LogP contribution is 2.30. The zero-order valence-corrected chi connectivity index (χ0v) is 17.8. The smallest absolute Gasteiger partial charge is 0.303 e. The standard InChI is InChI=1S/C21H26O10/c1-12(22)26-11-17-18(28-13(2)23)19(29-14(3)24)20(30-15(4)25)21(31-17)27-10-16-8-6-5-7-9-16/h5-9,17-21H,10-11H2,1-4H3/t17-,18-,19+,20-,21-/m0/s1.